The molecule has 0 unspecified atom stereocenters. The second kappa shape index (κ2) is 5.26. The molecule has 1 saturated heterocycles. The van der Waals surface area contributed by atoms with Crippen LogP contribution in [0.5, 0.6) is 0 Å². The van der Waals surface area contributed by atoms with Gasteiger partial charge in [0.1, 0.15) is 11.4 Å². The van der Waals surface area contributed by atoms with E-state index < -0.39 is 11.6 Å². The van der Waals surface area contributed by atoms with Crippen LogP contribution in [0.4, 0.5) is 9.18 Å². The number of imide groups is 1. The SMILES string of the molecule is C[C@@]1(c2ccccc2)NC(=O)N(Cc2ccc(F)cc2)C1=O. The van der Waals surface area contributed by atoms with Crippen LogP contribution in [0.15, 0.2) is 54.6 Å². The van der Waals surface area contributed by atoms with E-state index in [4.69, 9.17) is 0 Å². The third-order valence-corrected chi connectivity index (χ3v) is 3.88. The summed E-state index contributed by atoms with van der Waals surface area (Å²) in [5.74, 6) is -0.664. The summed E-state index contributed by atoms with van der Waals surface area (Å²) in [4.78, 5) is 26.0. The number of hydrogen-bond acceptors (Lipinski definition) is 2. The first-order valence-electron chi connectivity index (χ1n) is 6.95. The van der Waals surface area contributed by atoms with Gasteiger partial charge < -0.3 is 5.32 Å². The first-order chi connectivity index (χ1) is 10.5. The summed E-state index contributed by atoms with van der Waals surface area (Å²) in [6.45, 7) is 1.81. The molecule has 1 aliphatic heterocycles. The summed E-state index contributed by atoms with van der Waals surface area (Å²) >= 11 is 0. The Kier molecular flexibility index (Phi) is 3.41. The lowest BCUT2D eigenvalue weighted by atomic mass is 9.92. The zero-order valence-corrected chi connectivity index (χ0v) is 12.0. The monoisotopic (exact) mass is 298 g/mol. The molecule has 1 atom stereocenters. The predicted molar refractivity (Wildman–Crippen MR) is 79.3 cm³/mol. The number of hydrogen-bond donors (Lipinski definition) is 1. The Balaban J connectivity index is 1.87. The molecular formula is C17H15FN2O2. The van der Waals surface area contributed by atoms with Crippen molar-refractivity contribution in [3.63, 3.8) is 0 Å². The lowest BCUT2D eigenvalue weighted by molar-refractivity contribution is -0.131. The fraction of sp³-hybridized carbons (Fsp3) is 0.176. The number of nitrogens with zero attached hydrogens (tertiary/aromatic N) is 1. The van der Waals surface area contributed by atoms with Crippen LogP contribution in [-0.2, 0) is 16.9 Å². The van der Waals surface area contributed by atoms with Gasteiger partial charge in [-0.15, -0.1) is 0 Å². The third-order valence-electron chi connectivity index (χ3n) is 3.88. The van der Waals surface area contributed by atoms with E-state index in [-0.39, 0.29) is 18.3 Å². The van der Waals surface area contributed by atoms with E-state index in [9.17, 15) is 14.0 Å². The van der Waals surface area contributed by atoms with Crippen molar-refractivity contribution in [2.24, 2.45) is 0 Å². The van der Waals surface area contributed by atoms with Crippen molar-refractivity contribution in [2.45, 2.75) is 19.0 Å². The highest BCUT2D eigenvalue weighted by atomic mass is 19.1. The van der Waals surface area contributed by atoms with Crippen LogP contribution in [0.2, 0.25) is 0 Å². The highest BCUT2D eigenvalue weighted by Gasteiger charge is 2.48. The molecule has 0 aromatic heterocycles. The average Bonchev–Trinajstić information content (AvgIpc) is 2.75. The van der Waals surface area contributed by atoms with Crippen LogP contribution >= 0.6 is 0 Å². The highest BCUT2D eigenvalue weighted by molar-refractivity contribution is 6.07. The first-order valence-corrected chi connectivity index (χ1v) is 6.95. The maximum atomic E-state index is 12.9. The van der Waals surface area contributed by atoms with Gasteiger partial charge in [-0.25, -0.2) is 9.18 Å². The van der Waals surface area contributed by atoms with Gasteiger partial charge in [0.15, 0.2) is 0 Å². The van der Waals surface area contributed by atoms with E-state index in [0.29, 0.717) is 5.56 Å². The van der Waals surface area contributed by atoms with Crippen molar-refractivity contribution in [1.82, 2.24) is 10.2 Å². The molecule has 1 aliphatic rings. The molecule has 5 heteroatoms. The van der Waals surface area contributed by atoms with Crippen molar-refractivity contribution < 1.29 is 14.0 Å². The molecule has 1 N–H and O–H groups in total. The van der Waals surface area contributed by atoms with Crippen molar-refractivity contribution in [3.05, 3.63) is 71.5 Å². The van der Waals surface area contributed by atoms with Gasteiger partial charge in [-0.05, 0) is 30.2 Å². The molecular weight excluding hydrogens is 283 g/mol. The summed E-state index contributed by atoms with van der Waals surface area (Å²) in [6.07, 6.45) is 0. The van der Waals surface area contributed by atoms with E-state index >= 15 is 0 Å². The Bertz CT molecular complexity index is 715. The summed E-state index contributed by atoms with van der Waals surface area (Å²) < 4.78 is 12.9. The lowest BCUT2D eigenvalue weighted by Crippen LogP contribution is -2.40. The zero-order valence-electron chi connectivity index (χ0n) is 12.0. The van der Waals surface area contributed by atoms with Crippen LogP contribution in [0.25, 0.3) is 0 Å². The molecule has 0 saturated carbocycles. The standard InChI is InChI=1S/C17H15FN2O2/c1-17(13-5-3-2-4-6-13)15(21)20(16(22)19-17)11-12-7-9-14(18)10-8-12/h2-10H,11H2,1H3,(H,19,22)/t17-/m0/s1. The number of benzene rings is 2. The minimum atomic E-state index is -1.07. The molecule has 22 heavy (non-hydrogen) atoms. The number of amides is 3. The second-order valence-corrected chi connectivity index (χ2v) is 5.44. The summed E-state index contributed by atoms with van der Waals surface area (Å²) in [5, 5.41) is 2.74. The number of urea groups is 1. The van der Waals surface area contributed by atoms with E-state index in [0.717, 1.165) is 10.5 Å². The number of nitrogens with one attached hydrogen (secondary N) is 1. The van der Waals surface area contributed by atoms with Gasteiger partial charge in [0.25, 0.3) is 5.91 Å². The van der Waals surface area contributed by atoms with Gasteiger partial charge in [-0.2, -0.15) is 0 Å². The normalized spacial score (nSPS) is 21.1. The smallest absolute Gasteiger partial charge is 0.319 e. The van der Waals surface area contributed by atoms with Gasteiger partial charge >= 0.3 is 6.03 Å². The van der Waals surface area contributed by atoms with Crippen molar-refractivity contribution in [2.75, 3.05) is 0 Å². The van der Waals surface area contributed by atoms with E-state index in [2.05, 4.69) is 5.32 Å². The van der Waals surface area contributed by atoms with Crippen LogP contribution in [0, 0.1) is 5.82 Å². The highest BCUT2D eigenvalue weighted by Crippen LogP contribution is 2.29. The van der Waals surface area contributed by atoms with Crippen LogP contribution in [0.1, 0.15) is 18.1 Å². The molecule has 0 aliphatic carbocycles. The predicted octanol–water partition coefficient (Wildman–Crippen LogP) is 2.79. The fourth-order valence-corrected chi connectivity index (χ4v) is 2.58. The molecule has 0 spiro atoms. The van der Waals surface area contributed by atoms with Gasteiger partial charge in [0.05, 0.1) is 6.54 Å². The Hall–Kier alpha value is -2.69. The van der Waals surface area contributed by atoms with Crippen molar-refractivity contribution in [1.29, 1.82) is 0 Å². The molecule has 3 rings (SSSR count). The molecule has 112 valence electrons. The minimum absolute atomic E-state index is 0.118. The Morgan fingerprint density at radius 3 is 2.32 bits per heavy atom. The molecule has 0 radical (unpaired) electrons. The topological polar surface area (TPSA) is 49.4 Å². The van der Waals surface area contributed by atoms with Gasteiger partial charge in [-0.1, -0.05) is 42.5 Å². The van der Waals surface area contributed by atoms with Gasteiger partial charge in [0, 0.05) is 0 Å². The molecule has 2 aromatic carbocycles. The number of rotatable bonds is 3. The van der Waals surface area contributed by atoms with Crippen molar-refractivity contribution in [3.8, 4) is 0 Å². The minimum Gasteiger partial charge on any atom is -0.319 e. The number of halogens is 1. The second-order valence-electron chi connectivity index (χ2n) is 5.44. The van der Waals surface area contributed by atoms with Crippen LogP contribution < -0.4 is 5.32 Å². The Labute approximate surface area is 127 Å². The van der Waals surface area contributed by atoms with Crippen LogP contribution in [-0.4, -0.2) is 16.8 Å². The van der Waals surface area contributed by atoms with Crippen LogP contribution in [0.3, 0.4) is 0 Å². The molecule has 2 aromatic rings. The Morgan fingerprint density at radius 1 is 1.05 bits per heavy atom. The summed E-state index contributed by atoms with van der Waals surface area (Å²) in [6, 6.07) is 14.4. The molecule has 3 amide bonds. The van der Waals surface area contributed by atoms with Gasteiger partial charge in [0.2, 0.25) is 0 Å². The van der Waals surface area contributed by atoms with E-state index in [1.165, 1.54) is 12.1 Å². The third kappa shape index (κ3) is 2.35. The number of carbonyl (C=O) groups excluding carboxylic acids is 2. The fourth-order valence-electron chi connectivity index (χ4n) is 2.58. The summed E-state index contributed by atoms with van der Waals surface area (Å²) in [5.41, 5.74) is 0.357. The average molecular weight is 298 g/mol. The van der Waals surface area contributed by atoms with E-state index in [1.54, 1.807) is 31.2 Å². The number of carbonyl (C=O) groups is 2. The quantitative estimate of drug-likeness (QED) is 0.886. The maximum Gasteiger partial charge on any atom is 0.325 e. The lowest BCUT2D eigenvalue weighted by Gasteiger charge is -2.22. The largest absolute Gasteiger partial charge is 0.325 e. The Morgan fingerprint density at radius 2 is 1.68 bits per heavy atom. The van der Waals surface area contributed by atoms with E-state index in [1.807, 2.05) is 18.2 Å². The molecule has 1 fully saturated rings. The zero-order chi connectivity index (χ0) is 15.7. The first kappa shape index (κ1) is 14.3. The van der Waals surface area contributed by atoms with Crippen molar-refractivity contribution >= 4 is 11.9 Å². The molecule has 0 bridgehead atoms. The van der Waals surface area contributed by atoms with Gasteiger partial charge in [-0.3, -0.25) is 9.69 Å². The maximum absolute atomic E-state index is 12.9. The summed E-state index contributed by atoms with van der Waals surface area (Å²) in [7, 11) is 0. The molecule has 4 nitrogen and oxygen atoms in total. The molecule has 1 heterocycles.